The Kier molecular flexibility index (Phi) is 7.25. The number of imidazole rings is 1. The minimum atomic E-state index is -2.20. The maximum Gasteiger partial charge on any atom is 0.326 e. The number of nitrogens with one attached hydrogen (secondary N) is 1. The number of nitrogens with zero attached hydrogens (tertiary/aromatic N) is 2. The van der Waals surface area contributed by atoms with Crippen LogP contribution in [0.2, 0.25) is 0 Å². The maximum absolute atomic E-state index is 11.9. The van der Waals surface area contributed by atoms with Crippen molar-refractivity contribution in [1.82, 2.24) is 14.9 Å². The molecular weight excluding hydrogens is 326 g/mol. The first-order valence-corrected chi connectivity index (χ1v) is 7.00. The highest BCUT2D eigenvalue weighted by atomic mass is 16.4. The van der Waals surface area contributed by atoms with Crippen molar-refractivity contribution in [1.29, 1.82) is 0 Å². The van der Waals surface area contributed by atoms with Gasteiger partial charge in [-0.2, -0.15) is 0 Å². The number of amides is 1. The Hall–Kier alpha value is -2.05. The van der Waals surface area contributed by atoms with Crippen molar-refractivity contribution in [2.45, 2.75) is 36.9 Å². The van der Waals surface area contributed by atoms with E-state index in [0.29, 0.717) is 5.69 Å². The molecule has 1 heterocycles. The van der Waals surface area contributed by atoms with E-state index in [4.69, 9.17) is 10.2 Å². The predicted octanol–water partition coefficient (Wildman–Crippen LogP) is -4.03. The highest BCUT2D eigenvalue weighted by molar-refractivity contribution is 5.86. The molecule has 5 atom stereocenters. The molecule has 0 radical (unpaired) electrons. The molecule has 0 aliphatic carbocycles. The molecular formula is C13H21N3O8. The lowest BCUT2D eigenvalue weighted by atomic mass is 10.0. The molecule has 1 aromatic heterocycles. The summed E-state index contributed by atoms with van der Waals surface area (Å²) in [7, 11) is 1.63. The van der Waals surface area contributed by atoms with Gasteiger partial charge in [-0.15, -0.1) is 0 Å². The Bertz CT molecular complexity index is 563. The topological polar surface area (TPSA) is 185 Å². The Morgan fingerprint density at radius 2 is 1.88 bits per heavy atom. The van der Waals surface area contributed by atoms with Crippen molar-refractivity contribution in [2.24, 2.45) is 7.05 Å². The average Bonchev–Trinajstić information content (AvgIpc) is 2.95. The van der Waals surface area contributed by atoms with Crippen molar-refractivity contribution in [2.75, 3.05) is 6.61 Å². The van der Waals surface area contributed by atoms with Crippen LogP contribution in [0.15, 0.2) is 12.5 Å². The molecule has 0 unspecified atom stereocenters. The number of rotatable bonds is 9. The normalized spacial score (nSPS) is 17.6. The number of hydrogen-bond donors (Lipinski definition) is 7. The lowest BCUT2D eigenvalue weighted by Crippen LogP contribution is -2.54. The molecule has 1 rings (SSSR count). The van der Waals surface area contributed by atoms with Gasteiger partial charge in [-0.05, 0) is 0 Å². The number of aliphatic hydroxyl groups excluding tert-OH is 5. The number of carbonyl (C=O) groups excluding carboxylic acids is 1. The summed E-state index contributed by atoms with van der Waals surface area (Å²) in [4.78, 5) is 26.9. The largest absolute Gasteiger partial charge is 0.480 e. The van der Waals surface area contributed by atoms with Crippen molar-refractivity contribution in [3.63, 3.8) is 0 Å². The molecule has 1 amide bonds. The molecule has 0 aliphatic rings. The van der Waals surface area contributed by atoms with Crippen molar-refractivity contribution < 1.29 is 40.2 Å². The van der Waals surface area contributed by atoms with E-state index in [0.717, 1.165) is 0 Å². The molecule has 0 bridgehead atoms. The molecule has 0 saturated heterocycles. The van der Waals surface area contributed by atoms with E-state index in [9.17, 15) is 30.0 Å². The van der Waals surface area contributed by atoms with Gasteiger partial charge in [0.25, 0.3) is 5.91 Å². The first kappa shape index (κ1) is 20.0. The van der Waals surface area contributed by atoms with Gasteiger partial charge in [-0.1, -0.05) is 0 Å². The van der Waals surface area contributed by atoms with E-state index in [1.165, 1.54) is 12.5 Å². The van der Waals surface area contributed by atoms with Crippen LogP contribution >= 0.6 is 0 Å². The summed E-state index contributed by atoms with van der Waals surface area (Å²) in [6.07, 6.45) is -5.34. The summed E-state index contributed by atoms with van der Waals surface area (Å²) in [5, 5.41) is 57.8. The lowest BCUT2D eigenvalue weighted by Gasteiger charge is -2.26. The van der Waals surface area contributed by atoms with Crippen molar-refractivity contribution in [3.05, 3.63) is 18.2 Å². The van der Waals surface area contributed by atoms with Gasteiger partial charge in [0.1, 0.15) is 24.4 Å². The van der Waals surface area contributed by atoms with Crippen LogP contribution in [0.1, 0.15) is 5.69 Å². The van der Waals surface area contributed by atoms with Crippen LogP contribution in [0.4, 0.5) is 0 Å². The molecule has 0 aliphatic heterocycles. The van der Waals surface area contributed by atoms with E-state index in [1.54, 1.807) is 11.6 Å². The summed E-state index contributed by atoms with van der Waals surface area (Å²) in [5.74, 6) is -2.62. The molecule has 1 aromatic rings. The molecule has 24 heavy (non-hydrogen) atoms. The van der Waals surface area contributed by atoms with E-state index < -0.39 is 48.9 Å². The Morgan fingerprint density at radius 3 is 2.33 bits per heavy atom. The zero-order valence-corrected chi connectivity index (χ0v) is 12.8. The maximum atomic E-state index is 11.9. The summed E-state index contributed by atoms with van der Waals surface area (Å²) in [6.45, 7) is -0.898. The Labute approximate surface area is 136 Å². The molecule has 0 aromatic carbocycles. The van der Waals surface area contributed by atoms with Gasteiger partial charge < -0.3 is 40.5 Å². The second-order valence-corrected chi connectivity index (χ2v) is 5.28. The molecule has 11 heteroatoms. The number of carboxylic acid groups (broad SMARTS) is 1. The minimum Gasteiger partial charge on any atom is -0.480 e. The number of aliphatic hydroxyl groups is 5. The summed E-state index contributed by atoms with van der Waals surface area (Å²) < 4.78 is 1.55. The summed E-state index contributed by atoms with van der Waals surface area (Å²) >= 11 is 0. The van der Waals surface area contributed by atoms with E-state index in [2.05, 4.69) is 4.98 Å². The second-order valence-electron chi connectivity index (χ2n) is 5.28. The van der Waals surface area contributed by atoms with Crippen molar-refractivity contribution in [3.8, 4) is 0 Å². The van der Waals surface area contributed by atoms with Crippen molar-refractivity contribution >= 4 is 11.9 Å². The average molecular weight is 347 g/mol. The molecule has 0 saturated carbocycles. The van der Waals surface area contributed by atoms with Gasteiger partial charge in [-0.3, -0.25) is 4.79 Å². The third kappa shape index (κ3) is 4.97. The van der Waals surface area contributed by atoms with Crippen LogP contribution < -0.4 is 5.32 Å². The molecule has 136 valence electrons. The van der Waals surface area contributed by atoms with Gasteiger partial charge in [0.15, 0.2) is 6.10 Å². The quantitative estimate of drug-likeness (QED) is 0.233. The highest BCUT2D eigenvalue weighted by Gasteiger charge is 2.35. The van der Waals surface area contributed by atoms with Crippen LogP contribution in [0, 0.1) is 0 Å². The van der Waals surface area contributed by atoms with Gasteiger partial charge in [0.05, 0.1) is 12.9 Å². The third-order valence-electron chi connectivity index (χ3n) is 3.47. The first-order valence-electron chi connectivity index (χ1n) is 7.00. The smallest absolute Gasteiger partial charge is 0.326 e. The first-order chi connectivity index (χ1) is 11.2. The Morgan fingerprint density at radius 1 is 1.25 bits per heavy atom. The zero-order valence-electron chi connectivity index (χ0n) is 12.8. The van der Waals surface area contributed by atoms with Crippen LogP contribution in [0.3, 0.4) is 0 Å². The van der Waals surface area contributed by atoms with E-state index in [-0.39, 0.29) is 6.42 Å². The number of hydrogen-bond acceptors (Lipinski definition) is 8. The highest BCUT2D eigenvalue weighted by Crippen LogP contribution is 2.07. The van der Waals surface area contributed by atoms with Gasteiger partial charge in [0.2, 0.25) is 0 Å². The SMILES string of the molecule is Cn1cncc1C[C@H](NC(=O)[C@H](O)[C@@H](O)[C@H](O)[C@H](O)CO)C(=O)O. The predicted molar refractivity (Wildman–Crippen MR) is 77.6 cm³/mol. The fourth-order valence-corrected chi connectivity index (χ4v) is 1.93. The number of carboxylic acids is 1. The molecule has 7 N–H and O–H groups in total. The molecule has 0 spiro atoms. The number of aliphatic carboxylic acids is 1. The summed E-state index contributed by atoms with van der Waals surface area (Å²) in [5.41, 5.74) is 0.508. The van der Waals surface area contributed by atoms with Crippen LogP contribution in [-0.4, -0.2) is 89.1 Å². The van der Waals surface area contributed by atoms with E-state index in [1.807, 2.05) is 5.32 Å². The number of carbonyl (C=O) groups is 2. The second kappa shape index (κ2) is 8.70. The standard InChI is InChI=1S/C13H21N3O8/c1-16-5-14-3-6(16)2-7(13(23)24)15-12(22)11(21)10(20)9(19)8(18)4-17/h3,5,7-11,17-21H,2,4H2,1H3,(H,15,22)(H,23,24)/t7-,8+,9+,10-,11+/m0/s1. The lowest BCUT2D eigenvalue weighted by molar-refractivity contribution is -0.152. The fraction of sp³-hybridized carbons (Fsp3) is 0.615. The van der Waals surface area contributed by atoms with Gasteiger partial charge in [0, 0.05) is 25.4 Å². The summed E-state index contributed by atoms with van der Waals surface area (Å²) in [6, 6.07) is -1.41. The van der Waals surface area contributed by atoms with Crippen LogP contribution in [-0.2, 0) is 23.1 Å². The Balaban J connectivity index is 2.74. The number of aryl methyl sites for hydroxylation is 1. The van der Waals surface area contributed by atoms with Gasteiger partial charge in [-0.25, -0.2) is 9.78 Å². The van der Waals surface area contributed by atoms with E-state index >= 15 is 0 Å². The van der Waals surface area contributed by atoms with Gasteiger partial charge >= 0.3 is 5.97 Å². The van der Waals surface area contributed by atoms with Crippen LogP contribution in [0.25, 0.3) is 0 Å². The molecule has 0 fully saturated rings. The van der Waals surface area contributed by atoms with Crippen LogP contribution in [0.5, 0.6) is 0 Å². The minimum absolute atomic E-state index is 0.123. The third-order valence-corrected chi connectivity index (χ3v) is 3.47. The molecule has 11 nitrogen and oxygen atoms in total. The monoisotopic (exact) mass is 347 g/mol. The fourth-order valence-electron chi connectivity index (χ4n) is 1.93. The number of aromatic nitrogens is 2. The zero-order chi connectivity index (χ0) is 18.4.